The molecule has 0 radical (unpaired) electrons. The van der Waals surface area contributed by atoms with E-state index in [-0.39, 0.29) is 11.9 Å². The molecule has 0 aliphatic carbocycles. The number of amides is 1. The fraction of sp³-hybridized carbons (Fsp3) is 0.938. The maximum atomic E-state index is 12.1. The first-order chi connectivity index (χ1) is 10.1. The highest BCUT2D eigenvalue weighted by atomic mass is 16.5. The van der Waals surface area contributed by atoms with E-state index in [9.17, 15) is 4.79 Å². The van der Waals surface area contributed by atoms with E-state index in [1.807, 2.05) is 6.92 Å². The van der Waals surface area contributed by atoms with Gasteiger partial charge in [0.15, 0.2) is 0 Å². The van der Waals surface area contributed by atoms with E-state index < -0.39 is 0 Å². The Bertz CT molecular complexity index is 299. The van der Waals surface area contributed by atoms with Crippen LogP contribution in [0.25, 0.3) is 0 Å². The highest BCUT2D eigenvalue weighted by Crippen LogP contribution is 2.19. The summed E-state index contributed by atoms with van der Waals surface area (Å²) in [6, 6.07) is 0.976. The molecule has 1 heterocycles. The van der Waals surface area contributed by atoms with Gasteiger partial charge < -0.3 is 15.4 Å². The molecular formula is C16H33N3O2. The Kier molecular flexibility index (Phi) is 8.88. The van der Waals surface area contributed by atoms with Gasteiger partial charge in [-0.3, -0.25) is 9.69 Å². The monoisotopic (exact) mass is 299 g/mol. The first-order valence-corrected chi connectivity index (χ1v) is 8.34. The predicted octanol–water partition coefficient (Wildman–Crippen LogP) is 1.38. The van der Waals surface area contributed by atoms with Crippen molar-refractivity contribution in [3.8, 4) is 0 Å². The van der Waals surface area contributed by atoms with Gasteiger partial charge in [0.25, 0.3) is 0 Å². The first kappa shape index (κ1) is 18.4. The molecule has 0 aromatic rings. The maximum Gasteiger partial charge on any atom is 0.234 e. The van der Waals surface area contributed by atoms with Gasteiger partial charge in [-0.1, -0.05) is 13.3 Å². The molecule has 3 atom stereocenters. The lowest BCUT2D eigenvalue weighted by Gasteiger charge is -2.39. The average molecular weight is 299 g/mol. The van der Waals surface area contributed by atoms with Gasteiger partial charge in [-0.15, -0.1) is 0 Å². The van der Waals surface area contributed by atoms with E-state index in [1.165, 1.54) is 19.3 Å². The van der Waals surface area contributed by atoms with Crippen molar-refractivity contribution in [1.82, 2.24) is 15.5 Å². The summed E-state index contributed by atoms with van der Waals surface area (Å²) in [6.07, 6.45) is 4.78. The average Bonchev–Trinajstić information content (AvgIpc) is 2.45. The van der Waals surface area contributed by atoms with Crippen molar-refractivity contribution in [2.24, 2.45) is 0 Å². The smallest absolute Gasteiger partial charge is 0.234 e. The number of likely N-dealkylation sites (tertiary alicyclic amines) is 1. The summed E-state index contributed by atoms with van der Waals surface area (Å²) in [7, 11) is 1.66. The van der Waals surface area contributed by atoms with Crippen molar-refractivity contribution < 1.29 is 9.53 Å². The lowest BCUT2D eigenvalue weighted by Crippen LogP contribution is -2.54. The van der Waals surface area contributed by atoms with Crippen molar-refractivity contribution in [2.45, 2.75) is 64.6 Å². The number of hydrogen-bond acceptors (Lipinski definition) is 4. The normalized spacial score (nSPS) is 22.8. The summed E-state index contributed by atoms with van der Waals surface area (Å²) in [5.41, 5.74) is 0. The summed E-state index contributed by atoms with van der Waals surface area (Å²) in [4.78, 5) is 14.5. The Hall–Kier alpha value is -0.650. The quantitative estimate of drug-likeness (QED) is 0.675. The Labute approximate surface area is 129 Å². The van der Waals surface area contributed by atoms with Crippen LogP contribution in [0.2, 0.25) is 0 Å². The van der Waals surface area contributed by atoms with Crippen LogP contribution < -0.4 is 10.6 Å². The molecule has 0 aromatic heterocycles. The summed E-state index contributed by atoms with van der Waals surface area (Å²) in [5.74, 6) is 0.106. The number of methoxy groups -OCH3 is 1. The number of ether oxygens (including phenoxy) is 1. The van der Waals surface area contributed by atoms with Crippen LogP contribution in [0, 0.1) is 0 Å². The Morgan fingerprint density at radius 2 is 2.14 bits per heavy atom. The highest BCUT2D eigenvalue weighted by molar-refractivity contribution is 5.78. The van der Waals surface area contributed by atoms with Gasteiger partial charge >= 0.3 is 0 Å². The summed E-state index contributed by atoms with van der Waals surface area (Å²) in [6.45, 7) is 9.52. The summed E-state index contributed by atoms with van der Waals surface area (Å²) in [5, 5.41) is 6.58. The second kappa shape index (κ2) is 10.1. The molecule has 3 unspecified atom stereocenters. The topological polar surface area (TPSA) is 53.6 Å². The zero-order valence-electron chi connectivity index (χ0n) is 14.2. The number of hydrogen-bond donors (Lipinski definition) is 2. The third-order valence-corrected chi connectivity index (χ3v) is 4.13. The standard InChI is InChI=1S/C16H33N3O2/c1-5-9-17-14(3)15-8-6-7-10-19(15)11-16(20)18-13(2)12-21-4/h13-15,17H,5-12H2,1-4H3,(H,18,20). The molecule has 5 heteroatoms. The van der Waals surface area contributed by atoms with E-state index >= 15 is 0 Å². The minimum atomic E-state index is 0.0707. The number of carbonyl (C=O) groups excluding carboxylic acids is 1. The third kappa shape index (κ3) is 6.76. The molecule has 1 aliphatic rings. The van der Waals surface area contributed by atoms with Gasteiger partial charge in [0.1, 0.15) is 0 Å². The van der Waals surface area contributed by atoms with Crippen LogP contribution in [0.4, 0.5) is 0 Å². The van der Waals surface area contributed by atoms with E-state index in [0.717, 1.165) is 19.5 Å². The first-order valence-electron chi connectivity index (χ1n) is 8.34. The zero-order chi connectivity index (χ0) is 15.7. The Balaban J connectivity index is 2.46. The lowest BCUT2D eigenvalue weighted by atomic mass is 9.96. The maximum absolute atomic E-state index is 12.1. The Morgan fingerprint density at radius 3 is 2.81 bits per heavy atom. The fourth-order valence-electron chi connectivity index (χ4n) is 3.08. The molecule has 1 rings (SSSR count). The lowest BCUT2D eigenvalue weighted by molar-refractivity contribution is -0.124. The van der Waals surface area contributed by atoms with Crippen molar-refractivity contribution in [3.05, 3.63) is 0 Å². The number of piperidine rings is 1. The van der Waals surface area contributed by atoms with Gasteiger partial charge in [-0.2, -0.15) is 0 Å². The van der Waals surface area contributed by atoms with Crippen molar-refractivity contribution >= 4 is 5.91 Å². The van der Waals surface area contributed by atoms with Crippen LogP contribution in [0.15, 0.2) is 0 Å². The molecule has 0 aromatic carbocycles. The van der Waals surface area contributed by atoms with Gasteiger partial charge in [0, 0.05) is 25.2 Å². The second-order valence-corrected chi connectivity index (χ2v) is 6.20. The van der Waals surface area contributed by atoms with Crippen LogP contribution in [0.3, 0.4) is 0 Å². The molecule has 124 valence electrons. The van der Waals surface area contributed by atoms with Crippen molar-refractivity contribution in [2.75, 3.05) is 33.4 Å². The van der Waals surface area contributed by atoms with Crippen LogP contribution in [-0.4, -0.2) is 62.3 Å². The molecular weight excluding hydrogens is 266 g/mol. The minimum absolute atomic E-state index is 0.0707. The molecule has 2 N–H and O–H groups in total. The van der Waals surface area contributed by atoms with E-state index in [1.54, 1.807) is 7.11 Å². The molecule has 21 heavy (non-hydrogen) atoms. The number of nitrogens with one attached hydrogen (secondary N) is 2. The van der Waals surface area contributed by atoms with Gasteiger partial charge in [-0.25, -0.2) is 0 Å². The highest BCUT2D eigenvalue weighted by Gasteiger charge is 2.28. The molecule has 1 saturated heterocycles. The van der Waals surface area contributed by atoms with Crippen molar-refractivity contribution in [3.63, 3.8) is 0 Å². The van der Waals surface area contributed by atoms with E-state index in [2.05, 4.69) is 29.4 Å². The molecule has 1 aliphatic heterocycles. The molecule has 0 spiro atoms. The molecule has 5 nitrogen and oxygen atoms in total. The molecule has 0 bridgehead atoms. The van der Waals surface area contributed by atoms with Crippen LogP contribution in [-0.2, 0) is 9.53 Å². The van der Waals surface area contributed by atoms with E-state index in [0.29, 0.717) is 25.2 Å². The molecule has 0 saturated carbocycles. The van der Waals surface area contributed by atoms with Gasteiger partial charge in [-0.05, 0) is 46.2 Å². The zero-order valence-corrected chi connectivity index (χ0v) is 14.2. The molecule has 1 amide bonds. The summed E-state index contributed by atoms with van der Waals surface area (Å²) < 4.78 is 5.06. The van der Waals surface area contributed by atoms with Crippen molar-refractivity contribution in [1.29, 1.82) is 0 Å². The number of carbonyl (C=O) groups is 1. The second-order valence-electron chi connectivity index (χ2n) is 6.20. The number of nitrogens with zero attached hydrogens (tertiary/aromatic N) is 1. The predicted molar refractivity (Wildman–Crippen MR) is 86.4 cm³/mol. The molecule has 1 fully saturated rings. The van der Waals surface area contributed by atoms with Gasteiger partial charge in [0.05, 0.1) is 13.2 Å². The van der Waals surface area contributed by atoms with Gasteiger partial charge in [0.2, 0.25) is 5.91 Å². The van der Waals surface area contributed by atoms with Crippen LogP contribution >= 0.6 is 0 Å². The number of rotatable bonds is 9. The van der Waals surface area contributed by atoms with Crippen LogP contribution in [0.1, 0.15) is 46.5 Å². The SMILES string of the molecule is CCCNC(C)C1CCCCN1CC(=O)NC(C)COC. The van der Waals surface area contributed by atoms with E-state index in [4.69, 9.17) is 4.74 Å². The fourth-order valence-corrected chi connectivity index (χ4v) is 3.08. The third-order valence-electron chi connectivity index (χ3n) is 4.13. The Morgan fingerprint density at radius 1 is 1.38 bits per heavy atom. The minimum Gasteiger partial charge on any atom is -0.383 e. The summed E-state index contributed by atoms with van der Waals surface area (Å²) >= 11 is 0. The largest absolute Gasteiger partial charge is 0.383 e. The van der Waals surface area contributed by atoms with Crippen LogP contribution in [0.5, 0.6) is 0 Å².